The summed E-state index contributed by atoms with van der Waals surface area (Å²) < 4.78 is 0. The van der Waals surface area contributed by atoms with Gasteiger partial charge in [0.25, 0.3) is 0 Å². The molecule has 0 N–H and O–H groups in total. The van der Waals surface area contributed by atoms with Gasteiger partial charge in [0.2, 0.25) is 10.3 Å². The van der Waals surface area contributed by atoms with Gasteiger partial charge in [-0.25, -0.2) is 9.97 Å². The van der Waals surface area contributed by atoms with E-state index < -0.39 is 0 Å². The molecule has 0 fully saturated rings. The predicted octanol–water partition coefficient (Wildman–Crippen LogP) is 6.35. The standard InChI is InChI=1S/C18H12N4S2/c1-3-7-13(8-4-1)15-11-23-17(19-15)21-22-18-20-16(12-24-18)14-9-5-2-6-10-14/h1-12H. The highest BCUT2D eigenvalue weighted by molar-refractivity contribution is 7.14. The van der Waals surface area contributed by atoms with Gasteiger partial charge in [0.05, 0.1) is 11.4 Å². The van der Waals surface area contributed by atoms with Crippen molar-refractivity contribution in [1.29, 1.82) is 0 Å². The fourth-order valence-electron chi connectivity index (χ4n) is 2.19. The third-order valence-electron chi connectivity index (χ3n) is 3.34. The molecule has 0 spiro atoms. The van der Waals surface area contributed by atoms with Crippen LogP contribution >= 0.6 is 22.7 Å². The van der Waals surface area contributed by atoms with Crippen molar-refractivity contribution in [2.75, 3.05) is 0 Å². The lowest BCUT2D eigenvalue weighted by atomic mass is 10.2. The van der Waals surface area contributed by atoms with E-state index in [1.165, 1.54) is 22.7 Å². The van der Waals surface area contributed by atoms with Crippen LogP contribution in [0.15, 0.2) is 81.7 Å². The van der Waals surface area contributed by atoms with Gasteiger partial charge in [-0.15, -0.1) is 32.9 Å². The van der Waals surface area contributed by atoms with Gasteiger partial charge in [-0.05, 0) is 0 Å². The van der Waals surface area contributed by atoms with Crippen molar-refractivity contribution in [3.05, 3.63) is 71.4 Å². The van der Waals surface area contributed by atoms with Crippen molar-refractivity contribution in [1.82, 2.24) is 9.97 Å². The number of aromatic nitrogens is 2. The van der Waals surface area contributed by atoms with E-state index in [0.29, 0.717) is 10.3 Å². The molecule has 6 heteroatoms. The lowest BCUT2D eigenvalue weighted by Gasteiger charge is -1.93. The molecule has 0 radical (unpaired) electrons. The molecule has 0 bridgehead atoms. The average molecular weight is 348 g/mol. The number of nitrogens with zero attached hydrogens (tertiary/aromatic N) is 4. The van der Waals surface area contributed by atoms with Gasteiger partial charge in [-0.3, -0.25) is 0 Å². The molecule has 2 aromatic carbocycles. The minimum atomic E-state index is 0.630. The van der Waals surface area contributed by atoms with Crippen LogP contribution in [0.3, 0.4) is 0 Å². The second kappa shape index (κ2) is 6.82. The van der Waals surface area contributed by atoms with Crippen LogP contribution in [0.2, 0.25) is 0 Å². The molecule has 0 saturated heterocycles. The molecule has 116 valence electrons. The van der Waals surface area contributed by atoms with Crippen molar-refractivity contribution in [2.45, 2.75) is 0 Å². The lowest BCUT2D eigenvalue weighted by Crippen LogP contribution is -1.75. The van der Waals surface area contributed by atoms with Gasteiger partial charge in [0.1, 0.15) is 0 Å². The van der Waals surface area contributed by atoms with Gasteiger partial charge >= 0.3 is 0 Å². The first-order chi connectivity index (χ1) is 11.9. The summed E-state index contributed by atoms with van der Waals surface area (Å²) in [6.07, 6.45) is 0. The van der Waals surface area contributed by atoms with Crippen molar-refractivity contribution in [3.8, 4) is 22.5 Å². The largest absolute Gasteiger partial charge is 0.230 e. The fourth-order valence-corrected chi connectivity index (χ4v) is 3.48. The Morgan fingerprint density at radius 3 is 1.42 bits per heavy atom. The molecule has 4 rings (SSSR count). The topological polar surface area (TPSA) is 50.5 Å². The van der Waals surface area contributed by atoms with Gasteiger partial charge in [-0.2, -0.15) is 0 Å². The Morgan fingerprint density at radius 1 is 0.583 bits per heavy atom. The zero-order chi connectivity index (χ0) is 16.2. The first-order valence-corrected chi connectivity index (χ1v) is 9.08. The molecule has 4 aromatic rings. The van der Waals surface area contributed by atoms with Crippen LogP contribution in [-0.2, 0) is 0 Å². The lowest BCUT2D eigenvalue weighted by molar-refractivity contribution is 1.17. The summed E-state index contributed by atoms with van der Waals surface area (Å²) in [5.74, 6) is 0. The second-order valence-corrected chi connectivity index (χ2v) is 6.64. The highest BCUT2D eigenvalue weighted by Crippen LogP contribution is 2.30. The summed E-state index contributed by atoms with van der Waals surface area (Å²) in [4.78, 5) is 8.99. The molecular formula is C18H12N4S2. The Labute approximate surface area is 147 Å². The highest BCUT2D eigenvalue weighted by Gasteiger charge is 2.05. The van der Waals surface area contributed by atoms with Crippen molar-refractivity contribution in [2.24, 2.45) is 10.2 Å². The number of thiazole rings is 2. The van der Waals surface area contributed by atoms with Crippen LogP contribution in [-0.4, -0.2) is 9.97 Å². The van der Waals surface area contributed by atoms with Crippen molar-refractivity contribution in [3.63, 3.8) is 0 Å². The molecule has 0 amide bonds. The van der Waals surface area contributed by atoms with Gasteiger partial charge < -0.3 is 0 Å². The Hall–Kier alpha value is -2.70. The zero-order valence-electron chi connectivity index (χ0n) is 12.5. The molecule has 2 aromatic heterocycles. The van der Waals surface area contributed by atoms with Crippen LogP contribution in [0.25, 0.3) is 22.5 Å². The van der Waals surface area contributed by atoms with Gasteiger partial charge in [0.15, 0.2) is 0 Å². The first-order valence-electron chi connectivity index (χ1n) is 7.32. The first kappa shape index (κ1) is 14.9. The Balaban J connectivity index is 1.52. The SMILES string of the molecule is c1ccc(-c2csc(N=Nc3nc(-c4ccccc4)cs3)n2)cc1. The van der Waals surface area contributed by atoms with E-state index in [9.17, 15) is 0 Å². The van der Waals surface area contributed by atoms with E-state index in [-0.39, 0.29) is 0 Å². The van der Waals surface area contributed by atoms with E-state index in [2.05, 4.69) is 20.2 Å². The van der Waals surface area contributed by atoms with Crippen LogP contribution in [0.4, 0.5) is 10.3 Å². The molecule has 0 aliphatic carbocycles. The predicted molar refractivity (Wildman–Crippen MR) is 99.3 cm³/mol. The van der Waals surface area contributed by atoms with E-state index in [1.807, 2.05) is 71.4 Å². The highest BCUT2D eigenvalue weighted by atomic mass is 32.1. The van der Waals surface area contributed by atoms with E-state index >= 15 is 0 Å². The van der Waals surface area contributed by atoms with Crippen molar-refractivity contribution >= 4 is 32.9 Å². The number of benzene rings is 2. The average Bonchev–Trinajstić information content (AvgIpc) is 3.31. The van der Waals surface area contributed by atoms with Crippen molar-refractivity contribution < 1.29 is 0 Å². The number of azo groups is 1. The van der Waals surface area contributed by atoms with E-state index in [1.54, 1.807) is 0 Å². The van der Waals surface area contributed by atoms with Crippen LogP contribution in [0.5, 0.6) is 0 Å². The number of hydrogen-bond donors (Lipinski definition) is 0. The van der Waals surface area contributed by atoms with Gasteiger partial charge in [0, 0.05) is 21.9 Å². The third kappa shape index (κ3) is 3.29. The molecule has 0 saturated carbocycles. The molecule has 4 nitrogen and oxygen atoms in total. The summed E-state index contributed by atoms with van der Waals surface area (Å²) in [6, 6.07) is 20.1. The molecule has 24 heavy (non-hydrogen) atoms. The van der Waals surface area contributed by atoms with Gasteiger partial charge in [-0.1, -0.05) is 60.7 Å². The summed E-state index contributed by atoms with van der Waals surface area (Å²) in [5, 5.41) is 13.7. The minimum Gasteiger partial charge on any atom is -0.217 e. The Bertz CT molecular complexity index is 879. The van der Waals surface area contributed by atoms with Crippen LogP contribution in [0.1, 0.15) is 0 Å². The zero-order valence-corrected chi connectivity index (χ0v) is 14.2. The van der Waals surface area contributed by atoms with E-state index in [0.717, 1.165) is 22.5 Å². The number of hydrogen-bond acceptors (Lipinski definition) is 6. The van der Waals surface area contributed by atoms with Crippen LogP contribution in [0, 0.1) is 0 Å². The third-order valence-corrected chi connectivity index (χ3v) is 4.79. The maximum atomic E-state index is 4.50. The maximum absolute atomic E-state index is 4.50. The summed E-state index contributed by atoms with van der Waals surface area (Å²) in [6.45, 7) is 0. The molecule has 2 heterocycles. The Morgan fingerprint density at radius 2 is 1.00 bits per heavy atom. The summed E-state index contributed by atoms with van der Waals surface area (Å²) in [5.41, 5.74) is 3.99. The number of rotatable bonds is 4. The summed E-state index contributed by atoms with van der Waals surface area (Å²) >= 11 is 2.94. The van der Waals surface area contributed by atoms with E-state index in [4.69, 9.17) is 0 Å². The smallest absolute Gasteiger partial charge is 0.217 e. The quantitative estimate of drug-likeness (QED) is 0.403. The molecule has 0 aliphatic rings. The monoisotopic (exact) mass is 348 g/mol. The summed E-state index contributed by atoms with van der Waals surface area (Å²) in [7, 11) is 0. The molecular weight excluding hydrogens is 336 g/mol. The minimum absolute atomic E-state index is 0.630. The fraction of sp³-hybridized carbons (Fsp3) is 0. The van der Waals surface area contributed by atoms with Crippen LogP contribution < -0.4 is 0 Å². The Kier molecular flexibility index (Phi) is 4.22. The molecule has 0 atom stereocenters. The maximum Gasteiger partial charge on any atom is 0.230 e. The molecule has 0 unspecified atom stereocenters. The molecule has 0 aliphatic heterocycles. The second-order valence-electron chi connectivity index (χ2n) is 4.96. The normalized spacial score (nSPS) is 11.2.